The molecule has 0 atom stereocenters. The highest BCUT2D eigenvalue weighted by Crippen LogP contribution is 2.11. The van der Waals surface area contributed by atoms with Crippen molar-refractivity contribution in [1.29, 1.82) is 0 Å². The predicted octanol–water partition coefficient (Wildman–Crippen LogP) is 1.46. The highest BCUT2D eigenvalue weighted by Gasteiger charge is 2.12. The van der Waals surface area contributed by atoms with Crippen molar-refractivity contribution in [3.63, 3.8) is 0 Å². The number of nitrogens with zero attached hydrogens (tertiary/aromatic N) is 2. The van der Waals surface area contributed by atoms with Crippen LogP contribution >= 0.6 is 0 Å². The van der Waals surface area contributed by atoms with E-state index < -0.39 is 0 Å². The zero-order valence-electron chi connectivity index (χ0n) is 8.39. The van der Waals surface area contributed by atoms with Crippen LogP contribution in [0.1, 0.15) is 25.1 Å². The third kappa shape index (κ3) is 2.06. The van der Waals surface area contributed by atoms with Crippen LogP contribution in [0.15, 0.2) is 0 Å². The fourth-order valence-electron chi connectivity index (χ4n) is 1.25. The van der Waals surface area contributed by atoms with Gasteiger partial charge in [0, 0.05) is 18.7 Å². The molecule has 1 aromatic rings. The first-order valence-electron chi connectivity index (χ1n) is 4.63. The molecule has 0 spiro atoms. The van der Waals surface area contributed by atoms with Gasteiger partial charge in [0.05, 0.1) is 5.69 Å². The van der Waals surface area contributed by atoms with E-state index in [1.807, 2.05) is 20.8 Å². The molecule has 4 heteroatoms. The van der Waals surface area contributed by atoms with Gasteiger partial charge in [-0.1, -0.05) is 6.92 Å². The Morgan fingerprint density at radius 3 is 2.62 bits per heavy atom. The lowest BCUT2D eigenvalue weighted by Gasteiger charge is -1.99. The molecule has 1 heterocycles. The van der Waals surface area contributed by atoms with Crippen LogP contribution in [0, 0.1) is 12.9 Å². The summed E-state index contributed by atoms with van der Waals surface area (Å²) in [7, 11) is 0. The van der Waals surface area contributed by atoms with Gasteiger partial charge in [-0.15, -0.1) is 0 Å². The fraction of sp³-hybridized carbons (Fsp3) is 0.667. The summed E-state index contributed by atoms with van der Waals surface area (Å²) in [6.07, 6.45) is 0. The van der Waals surface area contributed by atoms with E-state index in [1.165, 1.54) is 4.68 Å². The molecule has 0 bridgehead atoms. The molecule has 0 aliphatic carbocycles. The second kappa shape index (κ2) is 4.37. The van der Waals surface area contributed by atoms with E-state index in [0.29, 0.717) is 18.7 Å². The van der Waals surface area contributed by atoms with E-state index in [9.17, 15) is 4.39 Å². The van der Waals surface area contributed by atoms with Crippen LogP contribution in [-0.4, -0.2) is 16.3 Å². The molecule has 0 saturated heterocycles. The lowest BCUT2D eigenvalue weighted by molar-refractivity contribution is 0.461. The number of nitrogens with one attached hydrogen (secondary N) is 1. The Bertz CT molecular complexity index is 281. The molecule has 1 aromatic heterocycles. The summed E-state index contributed by atoms with van der Waals surface area (Å²) in [5.74, 6) is -0.207. The summed E-state index contributed by atoms with van der Waals surface area (Å²) in [6, 6.07) is 0. The molecule has 0 amide bonds. The summed E-state index contributed by atoms with van der Waals surface area (Å²) in [6.45, 7) is 7.70. The SMILES string of the molecule is CCNCc1c(C)nn(CC)c1F. The van der Waals surface area contributed by atoms with E-state index in [-0.39, 0.29) is 5.95 Å². The molecular weight excluding hydrogens is 169 g/mol. The van der Waals surface area contributed by atoms with Gasteiger partial charge in [0.2, 0.25) is 5.95 Å². The van der Waals surface area contributed by atoms with Gasteiger partial charge in [0.25, 0.3) is 0 Å². The Morgan fingerprint density at radius 1 is 1.46 bits per heavy atom. The topological polar surface area (TPSA) is 29.9 Å². The molecule has 0 fully saturated rings. The molecule has 74 valence electrons. The molecule has 0 saturated carbocycles. The van der Waals surface area contributed by atoms with E-state index >= 15 is 0 Å². The zero-order valence-corrected chi connectivity index (χ0v) is 8.39. The minimum Gasteiger partial charge on any atom is -0.313 e. The van der Waals surface area contributed by atoms with Gasteiger partial charge in [0.15, 0.2) is 0 Å². The van der Waals surface area contributed by atoms with Crippen LogP contribution in [-0.2, 0) is 13.1 Å². The van der Waals surface area contributed by atoms with Gasteiger partial charge in [-0.25, -0.2) is 4.68 Å². The first-order chi connectivity index (χ1) is 6.20. The first kappa shape index (κ1) is 10.2. The highest BCUT2D eigenvalue weighted by atomic mass is 19.1. The normalized spacial score (nSPS) is 10.8. The van der Waals surface area contributed by atoms with Crippen LogP contribution in [0.5, 0.6) is 0 Å². The Hall–Kier alpha value is -0.900. The number of aromatic nitrogens is 2. The molecule has 0 unspecified atom stereocenters. The third-order valence-corrected chi connectivity index (χ3v) is 2.03. The van der Waals surface area contributed by atoms with Crippen molar-refractivity contribution in [1.82, 2.24) is 15.1 Å². The number of hydrogen-bond donors (Lipinski definition) is 1. The van der Waals surface area contributed by atoms with E-state index in [2.05, 4.69) is 10.4 Å². The van der Waals surface area contributed by atoms with Gasteiger partial charge < -0.3 is 5.32 Å². The van der Waals surface area contributed by atoms with Crippen LogP contribution in [0.3, 0.4) is 0 Å². The van der Waals surface area contributed by atoms with Crippen molar-refractivity contribution >= 4 is 0 Å². The Balaban J connectivity index is 2.85. The minimum absolute atomic E-state index is 0.207. The van der Waals surface area contributed by atoms with Gasteiger partial charge >= 0.3 is 0 Å². The Morgan fingerprint density at radius 2 is 2.15 bits per heavy atom. The van der Waals surface area contributed by atoms with Gasteiger partial charge in [-0.05, 0) is 20.4 Å². The largest absolute Gasteiger partial charge is 0.313 e. The quantitative estimate of drug-likeness (QED) is 0.769. The predicted molar refractivity (Wildman–Crippen MR) is 50.0 cm³/mol. The second-order valence-electron chi connectivity index (χ2n) is 2.95. The van der Waals surface area contributed by atoms with Gasteiger partial charge in [-0.2, -0.15) is 9.49 Å². The smallest absolute Gasteiger partial charge is 0.216 e. The maximum absolute atomic E-state index is 13.5. The number of aryl methyl sites for hydroxylation is 2. The van der Waals surface area contributed by atoms with Crippen LogP contribution in [0.4, 0.5) is 4.39 Å². The molecule has 0 aliphatic rings. The third-order valence-electron chi connectivity index (χ3n) is 2.03. The van der Waals surface area contributed by atoms with E-state index in [4.69, 9.17) is 0 Å². The Labute approximate surface area is 77.9 Å². The Kier molecular flexibility index (Phi) is 3.42. The second-order valence-corrected chi connectivity index (χ2v) is 2.95. The van der Waals surface area contributed by atoms with Crippen molar-refractivity contribution in [3.05, 3.63) is 17.2 Å². The molecule has 0 aliphatic heterocycles. The summed E-state index contributed by atoms with van der Waals surface area (Å²) in [5, 5.41) is 7.17. The molecule has 3 nitrogen and oxygen atoms in total. The van der Waals surface area contributed by atoms with Gasteiger partial charge in [0.1, 0.15) is 0 Å². The average molecular weight is 185 g/mol. The molecular formula is C9H16FN3. The lowest BCUT2D eigenvalue weighted by atomic mass is 10.2. The first-order valence-corrected chi connectivity index (χ1v) is 4.63. The molecule has 1 rings (SSSR count). The molecule has 13 heavy (non-hydrogen) atoms. The average Bonchev–Trinajstić information content (AvgIpc) is 2.39. The highest BCUT2D eigenvalue weighted by molar-refractivity contribution is 5.17. The number of halogens is 1. The van der Waals surface area contributed by atoms with E-state index in [0.717, 1.165) is 12.2 Å². The van der Waals surface area contributed by atoms with E-state index in [1.54, 1.807) is 0 Å². The van der Waals surface area contributed by atoms with Crippen molar-refractivity contribution in [3.8, 4) is 0 Å². The van der Waals surface area contributed by atoms with Crippen LogP contribution < -0.4 is 5.32 Å². The van der Waals surface area contributed by atoms with Crippen molar-refractivity contribution < 1.29 is 4.39 Å². The molecule has 1 N–H and O–H groups in total. The maximum Gasteiger partial charge on any atom is 0.216 e. The minimum atomic E-state index is -0.207. The summed E-state index contributed by atoms with van der Waals surface area (Å²) >= 11 is 0. The van der Waals surface area contributed by atoms with Crippen molar-refractivity contribution in [2.24, 2.45) is 0 Å². The standard InChI is InChI=1S/C9H16FN3/c1-4-11-6-8-7(3)12-13(5-2)9(8)10/h11H,4-6H2,1-3H3. The number of hydrogen-bond acceptors (Lipinski definition) is 2. The summed E-state index contributed by atoms with van der Waals surface area (Å²) in [5.41, 5.74) is 1.46. The summed E-state index contributed by atoms with van der Waals surface area (Å²) in [4.78, 5) is 0. The zero-order chi connectivity index (χ0) is 9.84. The van der Waals surface area contributed by atoms with Crippen molar-refractivity contribution in [2.45, 2.75) is 33.9 Å². The number of rotatable bonds is 4. The summed E-state index contributed by atoms with van der Waals surface area (Å²) < 4.78 is 14.9. The lowest BCUT2D eigenvalue weighted by Crippen LogP contribution is -2.13. The van der Waals surface area contributed by atoms with Gasteiger partial charge in [-0.3, -0.25) is 0 Å². The van der Waals surface area contributed by atoms with Crippen LogP contribution in [0.25, 0.3) is 0 Å². The molecule has 0 radical (unpaired) electrons. The van der Waals surface area contributed by atoms with Crippen LogP contribution in [0.2, 0.25) is 0 Å². The monoisotopic (exact) mass is 185 g/mol. The fourth-order valence-corrected chi connectivity index (χ4v) is 1.25. The van der Waals surface area contributed by atoms with Crippen molar-refractivity contribution in [2.75, 3.05) is 6.54 Å². The molecule has 0 aromatic carbocycles. The maximum atomic E-state index is 13.5.